The van der Waals surface area contributed by atoms with Gasteiger partial charge in [0.05, 0.1) is 6.10 Å². The predicted molar refractivity (Wildman–Crippen MR) is 86.7 cm³/mol. The maximum absolute atomic E-state index is 12.2. The second-order valence-electron chi connectivity index (χ2n) is 6.22. The summed E-state index contributed by atoms with van der Waals surface area (Å²) in [6.07, 6.45) is 10.5. The first-order valence-corrected chi connectivity index (χ1v) is 8.50. The summed E-state index contributed by atoms with van der Waals surface area (Å²) < 4.78 is 10.6. The molecule has 0 spiro atoms. The smallest absolute Gasteiger partial charge is 0.334 e. The Labute approximate surface area is 134 Å². The van der Waals surface area contributed by atoms with Gasteiger partial charge in [-0.1, -0.05) is 38.5 Å². The number of rotatable bonds is 1. The van der Waals surface area contributed by atoms with Crippen LogP contribution in [0.2, 0.25) is 0 Å². The van der Waals surface area contributed by atoms with Crippen molar-refractivity contribution in [3.63, 3.8) is 0 Å². The van der Waals surface area contributed by atoms with Crippen LogP contribution in [0.25, 0.3) is 0 Å². The van der Waals surface area contributed by atoms with Gasteiger partial charge in [-0.15, -0.1) is 0 Å². The predicted octanol–water partition coefficient (Wildman–Crippen LogP) is 3.97. The Morgan fingerprint density at radius 2 is 1.55 bits per heavy atom. The molecule has 0 aromatic carbocycles. The lowest BCUT2D eigenvalue weighted by Crippen LogP contribution is -2.23. The Kier molecular flexibility index (Phi) is 9.05. The average molecular weight is 310 g/mol. The monoisotopic (exact) mass is 310 g/mol. The summed E-state index contributed by atoms with van der Waals surface area (Å²) in [6, 6.07) is 0. The maximum atomic E-state index is 12.2. The van der Waals surface area contributed by atoms with Crippen LogP contribution in [0.15, 0.2) is 11.6 Å². The molecule has 0 aliphatic carbocycles. The molecular weight excluding hydrogens is 280 g/mol. The summed E-state index contributed by atoms with van der Waals surface area (Å²) >= 11 is 0. The van der Waals surface area contributed by atoms with Gasteiger partial charge in [0.1, 0.15) is 6.10 Å². The van der Waals surface area contributed by atoms with E-state index in [1.807, 2.05) is 6.92 Å². The molecular formula is C18H30O4. The van der Waals surface area contributed by atoms with Gasteiger partial charge in [-0.3, -0.25) is 4.79 Å². The molecule has 4 nitrogen and oxygen atoms in total. The highest BCUT2D eigenvalue weighted by Crippen LogP contribution is 2.15. The second-order valence-corrected chi connectivity index (χ2v) is 6.22. The number of carbonyl (C=O) groups excluding carboxylic acids is 2. The lowest BCUT2D eigenvalue weighted by molar-refractivity contribution is -0.144. The van der Waals surface area contributed by atoms with Crippen molar-refractivity contribution in [2.75, 3.05) is 7.11 Å². The molecule has 4 heteroatoms. The van der Waals surface area contributed by atoms with Gasteiger partial charge >= 0.3 is 5.97 Å². The highest BCUT2D eigenvalue weighted by atomic mass is 16.5. The zero-order chi connectivity index (χ0) is 16.4. The zero-order valence-corrected chi connectivity index (χ0v) is 14.2. The van der Waals surface area contributed by atoms with Crippen molar-refractivity contribution < 1.29 is 19.1 Å². The Balaban J connectivity index is 2.71. The minimum absolute atomic E-state index is 0.0999. The van der Waals surface area contributed by atoms with Gasteiger partial charge < -0.3 is 9.47 Å². The van der Waals surface area contributed by atoms with E-state index < -0.39 is 12.1 Å². The largest absolute Gasteiger partial charge is 0.459 e. The van der Waals surface area contributed by atoms with Crippen molar-refractivity contribution in [3.05, 3.63) is 11.6 Å². The van der Waals surface area contributed by atoms with Crippen LogP contribution in [0.1, 0.15) is 71.6 Å². The number of cyclic esters (lactones) is 1. The summed E-state index contributed by atoms with van der Waals surface area (Å²) in [5.41, 5.74) is 0.353. The lowest BCUT2D eigenvalue weighted by Gasteiger charge is -2.15. The number of ketones is 1. The van der Waals surface area contributed by atoms with Crippen LogP contribution < -0.4 is 0 Å². The summed E-state index contributed by atoms with van der Waals surface area (Å²) in [5, 5.41) is 0. The van der Waals surface area contributed by atoms with E-state index in [4.69, 9.17) is 9.47 Å². The molecule has 1 rings (SSSR count). The van der Waals surface area contributed by atoms with Crippen molar-refractivity contribution in [3.8, 4) is 0 Å². The molecule has 0 saturated carbocycles. The number of methoxy groups -OCH3 is 1. The van der Waals surface area contributed by atoms with E-state index in [9.17, 15) is 9.59 Å². The summed E-state index contributed by atoms with van der Waals surface area (Å²) in [5.74, 6) is -0.542. The van der Waals surface area contributed by atoms with Crippen LogP contribution in [0.5, 0.6) is 0 Å². The maximum Gasteiger partial charge on any atom is 0.334 e. The quantitative estimate of drug-likeness (QED) is 0.688. The molecule has 126 valence electrons. The molecule has 0 bridgehead atoms. The topological polar surface area (TPSA) is 52.6 Å². The van der Waals surface area contributed by atoms with Gasteiger partial charge in [0.2, 0.25) is 0 Å². The minimum Gasteiger partial charge on any atom is -0.459 e. The fraction of sp³-hybridized carbons (Fsp3) is 0.778. The Hall–Kier alpha value is -1.16. The fourth-order valence-corrected chi connectivity index (χ4v) is 2.72. The first-order valence-electron chi connectivity index (χ1n) is 8.50. The van der Waals surface area contributed by atoms with E-state index in [1.54, 1.807) is 14.0 Å². The van der Waals surface area contributed by atoms with Gasteiger partial charge in [-0.05, 0) is 39.2 Å². The Morgan fingerprint density at radius 3 is 2.14 bits per heavy atom. The van der Waals surface area contributed by atoms with Gasteiger partial charge in [-0.25, -0.2) is 4.79 Å². The molecule has 0 radical (unpaired) electrons. The molecule has 22 heavy (non-hydrogen) atoms. The number of hydrogen-bond donors (Lipinski definition) is 0. The standard InChI is InChI=1S/C18H30O4/c1-14-13-16(19)17(21-3)12-10-8-6-4-5-7-9-11-15(2)22-18(14)20/h13,15,17H,4-12H2,1-3H3/b14-13-/t15-,17+/m1/s1. The molecule has 2 atom stereocenters. The van der Waals surface area contributed by atoms with Crippen molar-refractivity contribution in [2.45, 2.75) is 83.8 Å². The SMILES string of the molecule is CO[C@H]1CCCCCCCCC[C@@H](C)OC(=O)/C(C)=C\C1=O. The van der Waals surface area contributed by atoms with Crippen LogP contribution in [-0.4, -0.2) is 31.1 Å². The van der Waals surface area contributed by atoms with Crippen LogP contribution in [0.4, 0.5) is 0 Å². The molecule has 1 aliphatic heterocycles. The zero-order valence-electron chi connectivity index (χ0n) is 14.2. The summed E-state index contributed by atoms with van der Waals surface area (Å²) in [4.78, 5) is 24.1. The number of ether oxygens (including phenoxy) is 2. The second kappa shape index (κ2) is 10.5. The minimum atomic E-state index is -0.451. The van der Waals surface area contributed by atoms with Gasteiger partial charge in [0.15, 0.2) is 5.78 Å². The van der Waals surface area contributed by atoms with Crippen LogP contribution in [0, 0.1) is 0 Å². The summed E-state index contributed by atoms with van der Waals surface area (Å²) in [6.45, 7) is 3.54. The first kappa shape index (κ1) is 18.9. The number of hydrogen-bond acceptors (Lipinski definition) is 4. The number of carbonyl (C=O) groups is 2. The Morgan fingerprint density at radius 1 is 1.00 bits per heavy atom. The molecule has 1 heterocycles. The average Bonchev–Trinajstić information content (AvgIpc) is 2.48. The van der Waals surface area contributed by atoms with Crippen LogP contribution in [-0.2, 0) is 19.1 Å². The highest BCUT2D eigenvalue weighted by molar-refractivity contribution is 6.01. The van der Waals surface area contributed by atoms with E-state index in [-0.39, 0.29) is 11.9 Å². The van der Waals surface area contributed by atoms with Crippen molar-refractivity contribution in [1.82, 2.24) is 0 Å². The summed E-state index contributed by atoms with van der Waals surface area (Å²) in [7, 11) is 1.55. The number of esters is 1. The van der Waals surface area contributed by atoms with Gasteiger partial charge in [-0.2, -0.15) is 0 Å². The van der Waals surface area contributed by atoms with Crippen LogP contribution in [0.3, 0.4) is 0 Å². The third-order valence-corrected chi connectivity index (χ3v) is 4.17. The Bertz CT molecular complexity index is 387. The fourth-order valence-electron chi connectivity index (χ4n) is 2.72. The molecule has 0 fully saturated rings. The van der Waals surface area contributed by atoms with Gasteiger partial charge in [0, 0.05) is 12.7 Å². The van der Waals surface area contributed by atoms with E-state index in [1.165, 1.54) is 31.8 Å². The third-order valence-electron chi connectivity index (χ3n) is 4.17. The molecule has 0 unspecified atom stereocenters. The van der Waals surface area contributed by atoms with E-state index in [2.05, 4.69) is 0 Å². The first-order chi connectivity index (χ1) is 10.5. The molecule has 0 N–H and O–H groups in total. The van der Waals surface area contributed by atoms with Gasteiger partial charge in [0.25, 0.3) is 0 Å². The van der Waals surface area contributed by atoms with Crippen molar-refractivity contribution in [2.24, 2.45) is 0 Å². The van der Waals surface area contributed by atoms with E-state index in [0.717, 1.165) is 25.7 Å². The highest BCUT2D eigenvalue weighted by Gasteiger charge is 2.18. The molecule has 0 aromatic heterocycles. The van der Waals surface area contributed by atoms with Crippen molar-refractivity contribution in [1.29, 1.82) is 0 Å². The normalized spacial score (nSPS) is 29.5. The van der Waals surface area contributed by atoms with Crippen molar-refractivity contribution >= 4 is 11.8 Å². The lowest BCUT2D eigenvalue weighted by atomic mass is 10.0. The molecule has 0 aromatic rings. The molecule has 0 amide bonds. The van der Waals surface area contributed by atoms with E-state index in [0.29, 0.717) is 12.0 Å². The third kappa shape index (κ3) is 7.21. The van der Waals surface area contributed by atoms with E-state index >= 15 is 0 Å². The van der Waals surface area contributed by atoms with Crippen LogP contribution >= 0.6 is 0 Å². The molecule has 0 saturated heterocycles. The molecule has 1 aliphatic rings.